The Morgan fingerprint density at radius 2 is 1.91 bits per heavy atom. The largest absolute Gasteiger partial charge is 0.372 e. The number of methoxy groups -OCH3 is 1. The monoisotopic (exact) mass is 318 g/mol. The van der Waals surface area contributed by atoms with Gasteiger partial charge in [-0.2, -0.15) is 0 Å². The minimum Gasteiger partial charge on any atom is -0.372 e. The van der Waals surface area contributed by atoms with Crippen molar-refractivity contribution in [2.75, 3.05) is 19.0 Å². The molecule has 1 atom stereocenters. The summed E-state index contributed by atoms with van der Waals surface area (Å²) in [6.07, 6.45) is 0. The van der Waals surface area contributed by atoms with E-state index in [1.807, 2.05) is 55.5 Å². The number of anilines is 1. The zero-order valence-electron chi connectivity index (χ0n) is 12.6. The van der Waals surface area contributed by atoms with Gasteiger partial charge in [-0.1, -0.05) is 41.9 Å². The Bertz CT molecular complexity index is 634. The molecule has 116 valence electrons. The highest BCUT2D eigenvalue weighted by atomic mass is 35.5. The van der Waals surface area contributed by atoms with E-state index < -0.39 is 5.60 Å². The quantitative estimate of drug-likeness (QED) is 0.874. The van der Waals surface area contributed by atoms with Crippen LogP contribution in [0.1, 0.15) is 12.5 Å². The Balaban J connectivity index is 2.00. The van der Waals surface area contributed by atoms with Crippen LogP contribution in [0.4, 0.5) is 10.5 Å². The molecule has 0 heterocycles. The van der Waals surface area contributed by atoms with Crippen LogP contribution in [-0.4, -0.2) is 19.7 Å². The third-order valence-electron chi connectivity index (χ3n) is 3.50. The number of halogens is 1. The number of amides is 2. The van der Waals surface area contributed by atoms with E-state index in [1.165, 1.54) is 0 Å². The molecule has 0 fully saturated rings. The molecule has 2 aromatic rings. The molecule has 0 bridgehead atoms. The molecule has 5 heteroatoms. The van der Waals surface area contributed by atoms with E-state index in [0.717, 1.165) is 11.3 Å². The van der Waals surface area contributed by atoms with Gasteiger partial charge >= 0.3 is 6.03 Å². The van der Waals surface area contributed by atoms with Crippen molar-refractivity contribution in [3.05, 3.63) is 65.2 Å². The van der Waals surface area contributed by atoms with Gasteiger partial charge in [0, 0.05) is 17.8 Å². The summed E-state index contributed by atoms with van der Waals surface area (Å²) >= 11 is 6.02. The maximum atomic E-state index is 12.0. The molecule has 0 spiro atoms. The molecule has 0 saturated heterocycles. The lowest BCUT2D eigenvalue weighted by molar-refractivity contribution is 0.00521. The minimum atomic E-state index is -0.654. The standard InChI is InChI=1S/C17H19ClN2O2/c1-17(22-2,13-7-6-8-14(18)11-13)12-19-16(21)20-15-9-4-3-5-10-15/h3-11H,12H2,1-2H3,(H2,19,20,21). The van der Waals surface area contributed by atoms with E-state index in [-0.39, 0.29) is 6.03 Å². The zero-order chi connectivity index (χ0) is 16.0. The Hall–Kier alpha value is -2.04. The van der Waals surface area contributed by atoms with E-state index in [9.17, 15) is 4.79 Å². The van der Waals surface area contributed by atoms with E-state index in [4.69, 9.17) is 16.3 Å². The molecule has 0 aliphatic heterocycles. The average Bonchev–Trinajstić information content (AvgIpc) is 2.53. The van der Waals surface area contributed by atoms with Gasteiger partial charge in [0.25, 0.3) is 0 Å². The number of hydrogen-bond acceptors (Lipinski definition) is 2. The Morgan fingerprint density at radius 3 is 2.55 bits per heavy atom. The van der Waals surface area contributed by atoms with Crippen molar-refractivity contribution in [2.24, 2.45) is 0 Å². The van der Waals surface area contributed by atoms with Gasteiger partial charge in [-0.05, 0) is 36.8 Å². The highest BCUT2D eigenvalue weighted by Crippen LogP contribution is 2.26. The van der Waals surface area contributed by atoms with Crippen LogP contribution in [-0.2, 0) is 10.3 Å². The van der Waals surface area contributed by atoms with Gasteiger partial charge in [0.1, 0.15) is 5.60 Å². The molecule has 4 nitrogen and oxygen atoms in total. The molecule has 2 N–H and O–H groups in total. The Morgan fingerprint density at radius 1 is 1.18 bits per heavy atom. The van der Waals surface area contributed by atoms with Crippen LogP contribution in [0.25, 0.3) is 0 Å². The molecule has 0 aromatic heterocycles. The van der Waals surface area contributed by atoms with Gasteiger partial charge in [-0.15, -0.1) is 0 Å². The summed E-state index contributed by atoms with van der Waals surface area (Å²) in [4.78, 5) is 12.0. The molecule has 0 radical (unpaired) electrons. The molecule has 22 heavy (non-hydrogen) atoms. The van der Waals surface area contributed by atoms with Gasteiger partial charge in [-0.3, -0.25) is 0 Å². The van der Waals surface area contributed by atoms with Crippen molar-refractivity contribution in [1.29, 1.82) is 0 Å². The number of rotatable bonds is 5. The third-order valence-corrected chi connectivity index (χ3v) is 3.74. The second-order valence-electron chi connectivity index (χ2n) is 5.12. The summed E-state index contributed by atoms with van der Waals surface area (Å²) in [6.45, 7) is 2.23. The summed E-state index contributed by atoms with van der Waals surface area (Å²) in [5, 5.41) is 6.23. The van der Waals surface area contributed by atoms with Gasteiger partial charge in [0.05, 0.1) is 6.54 Å². The first kappa shape index (κ1) is 16.3. The highest BCUT2D eigenvalue weighted by molar-refractivity contribution is 6.30. The van der Waals surface area contributed by atoms with Crippen LogP contribution in [0, 0.1) is 0 Å². The van der Waals surface area contributed by atoms with Crippen LogP contribution in [0.2, 0.25) is 5.02 Å². The average molecular weight is 319 g/mol. The number of carbonyl (C=O) groups excluding carboxylic acids is 1. The lowest BCUT2D eigenvalue weighted by Crippen LogP contribution is -2.41. The number of urea groups is 1. The Kier molecular flexibility index (Phi) is 5.41. The smallest absolute Gasteiger partial charge is 0.319 e. The van der Waals surface area contributed by atoms with Gasteiger partial charge in [0.15, 0.2) is 0 Å². The first-order chi connectivity index (χ1) is 10.5. The summed E-state index contributed by atoms with van der Waals surface area (Å²) in [6, 6.07) is 16.4. The van der Waals surface area contributed by atoms with Gasteiger partial charge in [-0.25, -0.2) is 4.79 Å². The second kappa shape index (κ2) is 7.29. The fourth-order valence-corrected chi connectivity index (χ4v) is 2.25. The summed E-state index contributed by atoms with van der Waals surface area (Å²) in [7, 11) is 1.61. The maximum absolute atomic E-state index is 12.0. The Labute approximate surface area is 135 Å². The van der Waals surface area contributed by atoms with E-state index >= 15 is 0 Å². The summed E-state index contributed by atoms with van der Waals surface area (Å²) < 4.78 is 5.58. The van der Waals surface area contributed by atoms with Crippen molar-refractivity contribution in [3.8, 4) is 0 Å². The number of hydrogen-bond donors (Lipinski definition) is 2. The SMILES string of the molecule is COC(C)(CNC(=O)Nc1ccccc1)c1cccc(Cl)c1. The molecule has 1 unspecified atom stereocenters. The molecule has 2 aromatic carbocycles. The molecule has 2 rings (SSSR count). The molecule has 2 amide bonds. The van der Waals surface area contributed by atoms with Gasteiger partial charge < -0.3 is 15.4 Å². The van der Waals surface area contributed by atoms with Crippen molar-refractivity contribution >= 4 is 23.3 Å². The van der Waals surface area contributed by atoms with Crippen LogP contribution in [0.5, 0.6) is 0 Å². The van der Waals surface area contributed by atoms with Crippen molar-refractivity contribution < 1.29 is 9.53 Å². The molecule has 0 saturated carbocycles. The predicted octanol–water partition coefficient (Wildman–Crippen LogP) is 4.02. The molecular formula is C17H19ClN2O2. The van der Waals surface area contributed by atoms with Crippen LogP contribution < -0.4 is 10.6 Å². The predicted molar refractivity (Wildman–Crippen MR) is 89.3 cm³/mol. The first-order valence-electron chi connectivity index (χ1n) is 6.94. The minimum absolute atomic E-state index is 0.281. The van der Waals surface area contributed by atoms with E-state index in [1.54, 1.807) is 13.2 Å². The molecular weight excluding hydrogens is 300 g/mol. The normalized spacial score (nSPS) is 13.2. The number of nitrogens with one attached hydrogen (secondary N) is 2. The van der Waals surface area contributed by atoms with E-state index in [2.05, 4.69) is 10.6 Å². The van der Waals surface area contributed by atoms with Gasteiger partial charge in [0.2, 0.25) is 0 Å². The van der Waals surface area contributed by atoms with Crippen molar-refractivity contribution in [2.45, 2.75) is 12.5 Å². The summed E-state index contributed by atoms with van der Waals surface area (Å²) in [5.74, 6) is 0. The summed E-state index contributed by atoms with van der Waals surface area (Å²) in [5.41, 5.74) is 0.989. The number of para-hydroxylation sites is 1. The first-order valence-corrected chi connectivity index (χ1v) is 7.32. The van der Waals surface area contributed by atoms with Crippen LogP contribution in [0.15, 0.2) is 54.6 Å². The molecule has 0 aliphatic carbocycles. The molecule has 0 aliphatic rings. The fraction of sp³-hybridized carbons (Fsp3) is 0.235. The van der Waals surface area contributed by atoms with Crippen molar-refractivity contribution in [3.63, 3.8) is 0 Å². The topological polar surface area (TPSA) is 50.4 Å². The van der Waals surface area contributed by atoms with Crippen molar-refractivity contribution in [1.82, 2.24) is 5.32 Å². The van der Waals surface area contributed by atoms with Crippen LogP contribution in [0.3, 0.4) is 0 Å². The lowest BCUT2D eigenvalue weighted by Gasteiger charge is -2.29. The number of benzene rings is 2. The van der Waals surface area contributed by atoms with E-state index in [0.29, 0.717) is 11.6 Å². The zero-order valence-corrected chi connectivity index (χ0v) is 13.4. The lowest BCUT2D eigenvalue weighted by atomic mass is 9.96. The number of ether oxygens (including phenoxy) is 1. The second-order valence-corrected chi connectivity index (χ2v) is 5.56. The fourth-order valence-electron chi connectivity index (χ4n) is 2.06. The highest BCUT2D eigenvalue weighted by Gasteiger charge is 2.27. The third kappa shape index (κ3) is 4.23. The van der Waals surface area contributed by atoms with Crippen LogP contribution >= 0.6 is 11.6 Å². The number of carbonyl (C=O) groups is 1. The maximum Gasteiger partial charge on any atom is 0.319 e.